The van der Waals surface area contributed by atoms with E-state index in [1.165, 1.54) is 18.2 Å². The largest absolute Gasteiger partial charge is 0.457 e. The molecular weight excluding hydrogens is 325 g/mol. The summed E-state index contributed by atoms with van der Waals surface area (Å²) in [6.45, 7) is -0.0136. The molecule has 0 saturated heterocycles. The van der Waals surface area contributed by atoms with Crippen molar-refractivity contribution >= 4 is 21.9 Å². The van der Waals surface area contributed by atoms with Crippen molar-refractivity contribution in [2.24, 2.45) is 0 Å². The van der Waals surface area contributed by atoms with Gasteiger partial charge in [-0.1, -0.05) is 28.1 Å². The van der Waals surface area contributed by atoms with Gasteiger partial charge >= 0.3 is 5.97 Å². The van der Waals surface area contributed by atoms with Crippen LogP contribution in [0.1, 0.15) is 21.5 Å². The Balaban J connectivity index is 2.09. The molecule has 0 radical (unpaired) electrons. The summed E-state index contributed by atoms with van der Waals surface area (Å²) in [6.07, 6.45) is 0. The van der Waals surface area contributed by atoms with Crippen molar-refractivity contribution in [2.45, 2.75) is 6.61 Å². The minimum atomic E-state index is -0.744. The van der Waals surface area contributed by atoms with E-state index in [9.17, 15) is 9.18 Å². The third kappa shape index (κ3) is 3.43. The third-order valence-corrected chi connectivity index (χ3v) is 3.07. The first-order chi connectivity index (χ1) is 9.60. The Morgan fingerprint density at radius 1 is 1.30 bits per heavy atom. The molecule has 0 aliphatic heterocycles. The second-order valence-corrected chi connectivity index (χ2v) is 4.93. The average Bonchev–Trinajstić information content (AvgIpc) is 2.47. The molecule has 2 rings (SSSR count). The lowest BCUT2D eigenvalue weighted by Gasteiger charge is -2.06. The number of nitrogens with zero attached hydrogens (tertiary/aromatic N) is 1. The molecule has 0 unspecified atom stereocenters. The predicted octanol–water partition coefficient (Wildman–Crippen LogP) is 3.82. The number of ether oxygens (including phenoxy) is 1. The Labute approximate surface area is 123 Å². The molecule has 0 bridgehead atoms. The highest BCUT2D eigenvalue weighted by Crippen LogP contribution is 2.17. The number of benzene rings is 2. The van der Waals surface area contributed by atoms with E-state index < -0.39 is 11.8 Å². The Hall–Kier alpha value is -2.19. The molecule has 5 heteroatoms. The van der Waals surface area contributed by atoms with Gasteiger partial charge in [-0.15, -0.1) is 0 Å². The normalized spacial score (nSPS) is 9.85. The summed E-state index contributed by atoms with van der Waals surface area (Å²) in [6, 6.07) is 12.7. The lowest BCUT2D eigenvalue weighted by molar-refractivity contribution is 0.0467. The van der Waals surface area contributed by atoms with Crippen molar-refractivity contribution in [3.8, 4) is 6.07 Å². The number of esters is 1. The van der Waals surface area contributed by atoms with Gasteiger partial charge in [0.15, 0.2) is 0 Å². The Bertz CT molecular complexity index is 695. The predicted molar refractivity (Wildman–Crippen MR) is 74.4 cm³/mol. The van der Waals surface area contributed by atoms with Crippen molar-refractivity contribution in [2.75, 3.05) is 0 Å². The van der Waals surface area contributed by atoms with Gasteiger partial charge in [0.2, 0.25) is 0 Å². The highest BCUT2D eigenvalue weighted by atomic mass is 79.9. The molecule has 0 heterocycles. The fraction of sp³-hybridized carbons (Fsp3) is 0.0667. The van der Waals surface area contributed by atoms with Crippen LogP contribution in [0.3, 0.4) is 0 Å². The lowest BCUT2D eigenvalue weighted by atomic mass is 10.1. The van der Waals surface area contributed by atoms with E-state index in [-0.39, 0.29) is 12.2 Å². The smallest absolute Gasteiger partial charge is 0.341 e. The Kier molecular flexibility index (Phi) is 4.49. The van der Waals surface area contributed by atoms with E-state index in [1.54, 1.807) is 24.3 Å². The van der Waals surface area contributed by atoms with Gasteiger partial charge in [0, 0.05) is 4.47 Å². The molecule has 0 spiro atoms. The third-order valence-electron chi connectivity index (χ3n) is 2.57. The first-order valence-electron chi connectivity index (χ1n) is 5.71. The van der Waals surface area contributed by atoms with Gasteiger partial charge < -0.3 is 4.74 Å². The molecule has 3 nitrogen and oxygen atoms in total. The Morgan fingerprint density at radius 2 is 2.10 bits per heavy atom. The van der Waals surface area contributed by atoms with Crippen molar-refractivity contribution in [3.63, 3.8) is 0 Å². The molecule has 100 valence electrons. The summed E-state index contributed by atoms with van der Waals surface area (Å²) >= 11 is 3.17. The van der Waals surface area contributed by atoms with Gasteiger partial charge in [0.25, 0.3) is 0 Å². The van der Waals surface area contributed by atoms with Gasteiger partial charge in [0.05, 0.1) is 17.2 Å². The lowest BCUT2D eigenvalue weighted by Crippen LogP contribution is -2.07. The topological polar surface area (TPSA) is 50.1 Å². The van der Waals surface area contributed by atoms with Crippen LogP contribution in [0.4, 0.5) is 4.39 Å². The van der Waals surface area contributed by atoms with Gasteiger partial charge in [-0.05, 0) is 35.9 Å². The van der Waals surface area contributed by atoms with Crippen LogP contribution in [0.2, 0.25) is 0 Å². The second-order valence-electron chi connectivity index (χ2n) is 4.01. The summed E-state index contributed by atoms with van der Waals surface area (Å²) in [5.41, 5.74) is 1.02. The van der Waals surface area contributed by atoms with E-state index in [2.05, 4.69) is 15.9 Å². The zero-order valence-electron chi connectivity index (χ0n) is 10.3. The second kappa shape index (κ2) is 6.31. The fourth-order valence-corrected chi connectivity index (χ4v) is 1.97. The van der Waals surface area contributed by atoms with Gasteiger partial charge in [-0.2, -0.15) is 5.26 Å². The fourth-order valence-electron chi connectivity index (χ4n) is 1.61. The monoisotopic (exact) mass is 333 g/mol. The summed E-state index contributed by atoms with van der Waals surface area (Å²) in [7, 11) is 0. The van der Waals surface area contributed by atoms with Crippen molar-refractivity contribution < 1.29 is 13.9 Å². The van der Waals surface area contributed by atoms with E-state index >= 15 is 0 Å². The van der Waals surface area contributed by atoms with Gasteiger partial charge in [-0.25, -0.2) is 9.18 Å². The van der Waals surface area contributed by atoms with Crippen LogP contribution in [-0.2, 0) is 11.3 Å². The maximum atomic E-state index is 13.5. The zero-order chi connectivity index (χ0) is 14.5. The number of rotatable bonds is 3. The standard InChI is InChI=1S/C15H9BrFNO2/c16-12-4-5-14(17)13(7-12)15(19)20-9-11-3-1-2-10(6-11)8-18/h1-7H,9H2. The first kappa shape index (κ1) is 14.2. The average molecular weight is 334 g/mol. The van der Waals surface area contributed by atoms with E-state index in [0.29, 0.717) is 15.6 Å². The number of carbonyl (C=O) groups is 1. The molecule has 0 aromatic heterocycles. The molecule has 20 heavy (non-hydrogen) atoms. The maximum Gasteiger partial charge on any atom is 0.341 e. The van der Waals surface area contributed by atoms with E-state index in [4.69, 9.17) is 10.00 Å². The van der Waals surface area contributed by atoms with Crippen LogP contribution in [0.15, 0.2) is 46.9 Å². The van der Waals surface area contributed by atoms with Crippen molar-refractivity contribution in [1.29, 1.82) is 5.26 Å². The number of nitriles is 1. The number of hydrogen-bond donors (Lipinski definition) is 0. The molecule has 2 aromatic rings. The van der Waals surface area contributed by atoms with Gasteiger partial charge in [-0.3, -0.25) is 0 Å². The highest BCUT2D eigenvalue weighted by molar-refractivity contribution is 9.10. The molecule has 0 fully saturated rings. The van der Waals surface area contributed by atoms with Crippen LogP contribution in [0, 0.1) is 17.1 Å². The molecular formula is C15H9BrFNO2. The number of carbonyl (C=O) groups excluding carboxylic acids is 1. The van der Waals surface area contributed by atoms with E-state index in [1.807, 2.05) is 6.07 Å². The van der Waals surface area contributed by atoms with Crippen molar-refractivity contribution in [1.82, 2.24) is 0 Å². The summed E-state index contributed by atoms with van der Waals surface area (Å²) in [5.74, 6) is -1.38. The molecule has 0 N–H and O–H groups in total. The molecule has 0 amide bonds. The summed E-state index contributed by atoms with van der Waals surface area (Å²) in [4.78, 5) is 11.8. The van der Waals surface area contributed by atoms with Crippen LogP contribution in [-0.4, -0.2) is 5.97 Å². The molecule has 0 saturated carbocycles. The molecule has 2 aromatic carbocycles. The highest BCUT2D eigenvalue weighted by Gasteiger charge is 2.13. The minimum Gasteiger partial charge on any atom is -0.457 e. The van der Waals surface area contributed by atoms with Crippen molar-refractivity contribution in [3.05, 3.63) is 69.4 Å². The van der Waals surface area contributed by atoms with E-state index in [0.717, 1.165) is 0 Å². The minimum absolute atomic E-state index is 0.0136. The van der Waals surface area contributed by atoms with Crippen LogP contribution >= 0.6 is 15.9 Å². The zero-order valence-corrected chi connectivity index (χ0v) is 11.9. The quantitative estimate of drug-likeness (QED) is 0.802. The van der Waals surface area contributed by atoms with Gasteiger partial charge in [0.1, 0.15) is 12.4 Å². The van der Waals surface area contributed by atoms with Crippen LogP contribution in [0.5, 0.6) is 0 Å². The number of hydrogen-bond acceptors (Lipinski definition) is 3. The van der Waals surface area contributed by atoms with Crippen LogP contribution < -0.4 is 0 Å². The number of halogens is 2. The Morgan fingerprint density at radius 3 is 2.85 bits per heavy atom. The first-order valence-corrected chi connectivity index (χ1v) is 6.50. The van der Waals surface area contributed by atoms with Crippen LogP contribution in [0.25, 0.3) is 0 Å². The molecule has 0 aliphatic carbocycles. The maximum absolute atomic E-state index is 13.5. The summed E-state index contributed by atoms with van der Waals surface area (Å²) in [5, 5.41) is 8.77. The molecule has 0 aliphatic rings. The molecule has 0 atom stereocenters. The summed E-state index contributed by atoms with van der Waals surface area (Å²) < 4.78 is 19.1. The SMILES string of the molecule is N#Cc1cccc(COC(=O)c2cc(Br)ccc2F)c1.